The fourth-order valence-corrected chi connectivity index (χ4v) is 4.62. The van der Waals surface area contributed by atoms with Gasteiger partial charge in [-0.1, -0.05) is 48.5 Å². The number of aromatic nitrogens is 1. The maximum absolute atomic E-state index is 13.7. The van der Waals surface area contributed by atoms with Crippen molar-refractivity contribution in [3.63, 3.8) is 0 Å². The number of carbonyl (C=O) groups excluding carboxylic acids is 1. The first-order valence-corrected chi connectivity index (χ1v) is 11.8. The number of carbonyl (C=O) groups is 1. The van der Waals surface area contributed by atoms with Gasteiger partial charge in [-0.15, -0.1) is 0 Å². The second kappa shape index (κ2) is 10.2. The second-order valence-electron chi connectivity index (χ2n) is 8.70. The number of hydrogen-bond acceptors (Lipinski definition) is 5. The van der Waals surface area contributed by atoms with Crippen molar-refractivity contribution in [1.82, 2.24) is 14.8 Å². The SMILES string of the molecule is COc1ccc(-c2cc(C(=O)N3CCN(Cc4ccccc4)CC3)c3ccccc3n2)cc1OC. The van der Waals surface area contributed by atoms with Gasteiger partial charge in [-0.2, -0.15) is 0 Å². The summed E-state index contributed by atoms with van der Waals surface area (Å²) in [6.07, 6.45) is 0. The van der Waals surface area contributed by atoms with E-state index >= 15 is 0 Å². The lowest BCUT2D eigenvalue weighted by molar-refractivity contribution is 0.0630. The highest BCUT2D eigenvalue weighted by Crippen LogP contribution is 2.33. The number of hydrogen-bond donors (Lipinski definition) is 0. The summed E-state index contributed by atoms with van der Waals surface area (Å²) in [5, 5.41) is 0.869. The number of rotatable bonds is 6. The zero-order valence-electron chi connectivity index (χ0n) is 20.1. The Morgan fingerprint density at radius 2 is 1.54 bits per heavy atom. The van der Waals surface area contributed by atoms with Gasteiger partial charge < -0.3 is 14.4 Å². The summed E-state index contributed by atoms with van der Waals surface area (Å²) in [6, 6.07) is 25.9. The number of para-hydroxylation sites is 1. The van der Waals surface area contributed by atoms with Gasteiger partial charge in [-0.3, -0.25) is 9.69 Å². The van der Waals surface area contributed by atoms with Crippen molar-refractivity contribution in [2.45, 2.75) is 6.54 Å². The van der Waals surface area contributed by atoms with Gasteiger partial charge in [-0.05, 0) is 35.9 Å². The van der Waals surface area contributed by atoms with Crippen molar-refractivity contribution in [2.75, 3.05) is 40.4 Å². The normalized spacial score (nSPS) is 14.2. The summed E-state index contributed by atoms with van der Waals surface area (Å²) >= 11 is 0. The molecule has 1 saturated heterocycles. The number of amides is 1. The van der Waals surface area contributed by atoms with Crippen molar-refractivity contribution >= 4 is 16.8 Å². The molecule has 3 aromatic carbocycles. The van der Waals surface area contributed by atoms with Gasteiger partial charge in [0.15, 0.2) is 11.5 Å². The number of benzene rings is 3. The Balaban J connectivity index is 1.41. The molecule has 0 N–H and O–H groups in total. The van der Waals surface area contributed by atoms with Crippen molar-refractivity contribution in [1.29, 1.82) is 0 Å². The summed E-state index contributed by atoms with van der Waals surface area (Å²) in [5.74, 6) is 1.33. The molecule has 178 valence electrons. The lowest BCUT2D eigenvalue weighted by Crippen LogP contribution is -2.48. The minimum atomic E-state index is 0.0460. The number of piperazine rings is 1. The number of nitrogens with zero attached hydrogens (tertiary/aromatic N) is 3. The van der Waals surface area contributed by atoms with Gasteiger partial charge in [-0.25, -0.2) is 4.98 Å². The molecule has 0 bridgehead atoms. The molecule has 0 spiro atoms. The maximum Gasteiger partial charge on any atom is 0.254 e. The predicted molar refractivity (Wildman–Crippen MR) is 138 cm³/mol. The Kier molecular flexibility index (Phi) is 6.64. The van der Waals surface area contributed by atoms with Crippen LogP contribution in [0.15, 0.2) is 78.9 Å². The number of ether oxygens (including phenoxy) is 2. The third kappa shape index (κ3) is 4.84. The molecule has 1 aliphatic heterocycles. The summed E-state index contributed by atoms with van der Waals surface area (Å²) in [6.45, 7) is 4.02. The van der Waals surface area contributed by atoms with Crippen LogP contribution in [0.4, 0.5) is 0 Å². The Bertz CT molecular complexity index is 1330. The first-order valence-electron chi connectivity index (χ1n) is 11.8. The van der Waals surface area contributed by atoms with Crippen LogP contribution >= 0.6 is 0 Å². The number of methoxy groups -OCH3 is 2. The van der Waals surface area contributed by atoms with E-state index in [1.54, 1.807) is 14.2 Å². The Hall–Kier alpha value is -3.90. The summed E-state index contributed by atoms with van der Waals surface area (Å²) < 4.78 is 10.9. The van der Waals surface area contributed by atoms with Gasteiger partial charge in [0.25, 0.3) is 5.91 Å². The smallest absolute Gasteiger partial charge is 0.254 e. The quantitative estimate of drug-likeness (QED) is 0.405. The van der Waals surface area contributed by atoms with E-state index in [1.807, 2.05) is 59.5 Å². The summed E-state index contributed by atoms with van der Waals surface area (Å²) in [7, 11) is 3.23. The monoisotopic (exact) mass is 467 g/mol. The van der Waals surface area contributed by atoms with Crippen LogP contribution in [0.5, 0.6) is 11.5 Å². The first-order chi connectivity index (χ1) is 17.2. The maximum atomic E-state index is 13.7. The Morgan fingerprint density at radius 3 is 2.29 bits per heavy atom. The van der Waals surface area contributed by atoms with Crippen LogP contribution in [0.25, 0.3) is 22.2 Å². The van der Waals surface area contributed by atoms with E-state index in [1.165, 1.54) is 5.56 Å². The zero-order valence-corrected chi connectivity index (χ0v) is 20.1. The van der Waals surface area contributed by atoms with Crippen molar-refractivity contribution in [3.05, 3.63) is 90.0 Å². The highest BCUT2D eigenvalue weighted by atomic mass is 16.5. The zero-order chi connectivity index (χ0) is 24.2. The molecule has 1 amide bonds. The minimum Gasteiger partial charge on any atom is -0.493 e. The van der Waals surface area contributed by atoms with Crippen LogP contribution in [0, 0.1) is 0 Å². The average molecular weight is 468 g/mol. The second-order valence-corrected chi connectivity index (χ2v) is 8.70. The van der Waals surface area contributed by atoms with Crippen molar-refractivity contribution in [3.8, 4) is 22.8 Å². The van der Waals surface area contributed by atoms with Crippen LogP contribution in [-0.2, 0) is 6.54 Å². The molecule has 6 nitrogen and oxygen atoms in total. The molecule has 35 heavy (non-hydrogen) atoms. The third-order valence-electron chi connectivity index (χ3n) is 6.53. The molecular weight excluding hydrogens is 438 g/mol. The highest BCUT2D eigenvalue weighted by molar-refractivity contribution is 6.07. The molecule has 0 aliphatic carbocycles. The van der Waals surface area contributed by atoms with E-state index < -0.39 is 0 Å². The molecule has 1 aromatic heterocycles. The number of pyridine rings is 1. The van der Waals surface area contributed by atoms with Crippen LogP contribution in [-0.4, -0.2) is 61.1 Å². The van der Waals surface area contributed by atoms with Crippen LogP contribution in [0.1, 0.15) is 15.9 Å². The standard InChI is InChI=1S/C29H29N3O3/c1-34-27-13-12-22(18-28(27)35-2)26-19-24(23-10-6-7-11-25(23)30-26)29(33)32-16-14-31(15-17-32)20-21-8-4-3-5-9-21/h3-13,18-19H,14-17,20H2,1-2H3. The van der Waals surface area contributed by atoms with Crippen LogP contribution < -0.4 is 9.47 Å². The van der Waals surface area contributed by atoms with Gasteiger partial charge in [0.1, 0.15) is 0 Å². The molecule has 5 rings (SSSR count). The Morgan fingerprint density at radius 1 is 0.829 bits per heavy atom. The van der Waals surface area contributed by atoms with Crippen molar-refractivity contribution < 1.29 is 14.3 Å². The highest BCUT2D eigenvalue weighted by Gasteiger charge is 2.24. The molecule has 0 unspecified atom stereocenters. The fraction of sp³-hybridized carbons (Fsp3) is 0.241. The molecule has 4 aromatic rings. The Labute approximate surface area is 205 Å². The molecule has 1 aliphatic rings. The molecule has 0 saturated carbocycles. The first kappa shape index (κ1) is 22.9. The summed E-state index contributed by atoms with van der Waals surface area (Å²) in [4.78, 5) is 22.9. The minimum absolute atomic E-state index is 0.0460. The molecule has 2 heterocycles. The van der Waals surface area contributed by atoms with Gasteiger partial charge >= 0.3 is 0 Å². The van der Waals surface area contributed by atoms with Crippen LogP contribution in [0.3, 0.4) is 0 Å². The van der Waals surface area contributed by atoms with Gasteiger partial charge in [0.05, 0.1) is 31.0 Å². The fourth-order valence-electron chi connectivity index (χ4n) is 4.62. The lowest BCUT2D eigenvalue weighted by atomic mass is 10.0. The van der Waals surface area contributed by atoms with E-state index in [-0.39, 0.29) is 5.91 Å². The molecule has 0 atom stereocenters. The molecule has 6 heteroatoms. The lowest BCUT2D eigenvalue weighted by Gasteiger charge is -2.35. The topological polar surface area (TPSA) is 54.9 Å². The molecular formula is C29H29N3O3. The van der Waals surface area contributed by atoms with E-state index in [9.17, 15) is 4.79 Å². The van der Waals surface area contributed by atoms with E-state index in [0.29, 0.717) is 30.2 Å². The van der Waals surface area contributed by atoms with Crippen LogP contribution in [0.2, 0.25) is 0 Å². The van der Waals surface area contributed by atoms with Gasteiger partial charge in [0, 0.05) is 43.7 Å². The predicted octanol–water partition coefficient (Wildman–Crippen LogP) is 4.88. The van der Waals surface area contributed by atoms with E-state index in [4.69, 9.17) is 14.5 Å². The van der Waals surface area contributed by atoms with Gasteiger partial charge in [0.2, 0.25) is 0 Å². The number of fused-ring (bicyclic) bond motifs is 1. The molecule has 1 fully saturated rings. The van der Waals surface area contributed by atoms with Crippen molar-refractivity contribution in [2.24, 2.45) is 0 Å². The van der Waals surface area contributed by atoms with E-state index in [2.05, 4.69) is 29.2 Å². The van der Waals surface area contributed by atoms with E-state index in [0.717, 1.165) is 41.8 Å². The average Bonchev–Trinajstić information content (AvgIpc) is 2.92. The largest absolute Gasteiger partial charge is 0.493 e. The third-order valence-corrected chi connectivity index (χ3v) is 6.53. The summed E-state index contributed by atoms with van der Waals surface area (Å²) in [5.41, 5.74) is 4.38. The molecule has 0 radical (unpaired) electrons.